The standard InChI is InChI=1S/C28H37N3O4/c32-26(24-6-3-5-21-17-29-31-27(21)24)16-20(28(33)34)12-13-35-23-14-18(15-23)8-10-22-11-9-19-4-1-2-7-25(19)30-22/h9,11,17-18,20,23-24H,1-8,10,12-16H2,(H,29,31)(H,33,34). The molecular formula is C28H37N3O4. The van der Waals surface area contributed by atoms with Crippen molar-refractivity contribution in [3.8, 4) is 0 Å². The average Bonchev–Trinajstić information content (AvgIpc) is 3.32. The third-order valence-electron chi connectivity index (χ3n) is 8.28. The Bertz CT molecular complexity index is 1040. The SMILES string of the molecule is O=C(O)C(CCOC1CC(CCc2ccc3c(n2)CCCC3)C1)CC(=O)C1CCCc2cn[nH]c21. The van der Waals surface area contributed by atoms with Crippen LogP contribution in [-0.4, -0.2) is 44.8 Å². The van der Waals surface area contributed by atoms with Gasteiger partial charge in [0.15, 0.2) is 0 Å². The van der Waals surface area contributed by atoms with Crippen molar-refractivity contribution in [2.45, 2.75) is 95.5 Å². The predicted octanol–water partition coefficient (Wildman–Crippen LogP) is 4.58. The van der Waals surface area contributed by atoms with Crippen LogP contribution in [0.1, 0.15) is 91.9 Å². The number of H-pyrrole nitrogens is 1. The van der Waals surface area contributed by atoms with Gasteiger partial charge in [-0.25, -0.2) is 0 Å². The fourth-order valence-corrected chi connectivity index (χ4v) is 6.02. The number of rotatable bonds is 11. The van der Waals surface area contributed by atoms with E-state index in [1.54, 1.807) is 6.20 Å². The van der Waals surface area contributed by atoms with Crippen LogP contribution in [0.3, 0.4) is 0 Å². The summed E-state index contributed by atoms with van der Waals surface area (Å²) in [5.74, 6) is -1.19. The second-order valence-electron chi connectivity index (χ2n) is 10.7. The number of carboxylic acid groups (broad SMARTS) is 1. The lowest BCUT2D eigenvalue weighted by Gasteiger charge is -2.35. The van der Waals surface area contributed by atoms with Gasteiger partial charge < -0.3 is 9.84 Å². The maximum absolute atomic E-state index is 12.9. The molecule has 35 heavy (non-hydrogen) atoms. The van der Waals surface area contributed by atoms with Crippen LogP contribution in [0.15, 0.2) is 18.3 Å². The Morgan fingerprint density at radius 1 is 1.11 bits per heavy atom. The molecule has 188 valence electrons. The Balaban J connectivity index is 1.01. The summed E-state index contributed by atoms with van der Waals surface area (Å²) in [7, 11) is 0. The smallest absolute Gasteiger partial charge is 0.307 e. The predicted molar refractivity (Wildman–Crippen MR) is 131 cm³/mol. The van der Waals surface area contributed by atoms with Crippen molar-refractivity contribution in [2.75, 3.05) is 6.61 Å². The van der Waals surface area contributed by atoms with Crippen molar-refractivity contribution < 1.29 is 19.4 Å². The van der Waals surface area contributed by atoms with E-state index in [0.29, 0.717) is 18.9 Å². The van der Waals surface area contributed by atoms with Crippen LogP contribution in [0.2, 0.25) is 0 Å². The molecule has 2 aromatic heterocycles. The molecule has 0 aromatic carbocycles. The number of carboxylic acids is 1. The number of aromatic nitrogens is 3. The summed E-state index contributed by atoms with van der Waals surface area (Å²) in [5.41, 5.74) is 5.93. The highest BCUT2D eigenvalue weighted by Crippen LogP contribution is 2.35. The van der Waals surface area contributed by atoms with Crippen LogP contribution in [0.25, 0.3) is 0 Å². The van der Waals surface area contributed by atoms with Crippen molar-refractivity contribution in [1.82, 2.24) is 15.2 Å². The average molecular weight is 480 g/mol. The first kappa shape index (κ1) is 24.2. The van der Waals surface area contributed by atoms with Crippen LogP contribution in [-0.2, 0) is 40.0 Å². The molecule has 7 nitrogen and oxygen atoms in total. The number of nitrogens with zero attached hydrogens (tertiary/aromatic N) is 2. The normalized spacial score (nSPS) is 24.2. The number of pyridine rings is 1. The number of nitrogens with one attached hydrogen (secondary N) is 1. The highest BCUT2D eigenvalue weighted by atomic mass is 16.5. The summed E-state index contributed by atoms with van der Waals surface area (Å²) in [6, 6.07) is 4.47. The number of Topliss-reactive ketones (excluding diaryl/α,β-unsaturated/α-hetero) is 1. The highest BCUT2D eigenvalue weighted by Gasteiger charge is 2.33. The van der Waals surface area contributed by atoms with Gasteiger partial charge in [-0.2, -0.15) is 5.10 Å². The fourth-order valence-electron chi connectivity index (χ4n) is 6.02. The van der Waals surface area contributed by atoms with E-state index in [2.05, 4.69) is 22.3 Å². The quantitative estimate of drug-likeness (QED) is 0.489. The first-order chi connectivity index (χ1) is 17.1. The van der Waals surface area contributed by atoms with Gasteiger partial charge in [0.2, 0.25) is 0 Å². The summed E-state index contributed by atoms with van der Waals surface area (Å²) in [6.07, 6.45) is 14.1. The molecule has 0 amide bonds. The third-order valence-corrected chi connectivity index (χ3v) is 8.28. The van der Waals surface area contributed by atoms with Crippen molar-refractivity contribution in [1.29, 1.82) is 0 Å². The van der Waals surface area contributed by atoms with E-state index in [1.807, 2.05) is 0 Å². The van der Waals surface area contributed by atoms with Gasteiger partial charge in [-0.3, -0.25) is 19.7 Å². The number of fused-ring (bicyclic) bond motifs is 2. The summed E-state index contributed by atoms with van der Waals surface area (Å²) in [6.45, 7) is 0.397. The number of ketones is 1. The number of aryl methyl sites for hydroxylation is 4. The topological polar surface area (TPSA) is 105 Å². The number of aliphatic carboxylic acids is 1. The molecule has 2 unspecified atom stereocenters. The van der Waals surface area contributed by atoms with Crippen molar-refractivity contribution in [2.24, 2.45) is 11.8 Å². The van der Waals surface area contributed by atoms with Gasteiger partial charge >= 0.3 is 5.97 Å². The monoisotopic (exact) mass is 479 g/mol. The van der Waals surface area contributed by atoms with E-state index in [4.69, 9.17) is 9.72 Å². The molecule has 3 aliphatic rings. The molecule has 1 saturated carbocycles. The molecule has 0 radical (unpaired) electrons. The van der Waals surface area contributed by atoms with Gasteiger partial charge in [-0.1, -0.05) is 6.07 Å². The molecule has 2 heterocycles. The Labute approximate surface area is 207 Å². The van der Waals surface area contributed by atoms with Gasteiger partial charge in [0.1, 0.15) is 5.78 Å². The Morgan fingerprint density at radius 2 is 1.94 bits per heavy atom. The van der Waals surface area contributed by atoms with Crippen molar-refractivity contribution >= 4 is 11.8 Å². The van der Waals surface area contributed by atoms with Gasteiger partial charge in [-0.15, -0.1) is 0 Å². The maximum Gasteiger partial charge on any atom is 0.307 e. The van der Waals surface area contributed by atoms with Crippen molar-refractivity contribution in [3.05, 3.63) is 46.5 Å². The van der Waals surface area contributed by atoms with E-state index in [1.165, 1.54) is 36.2 Å². The number of hydrogen-bond donors (Lipinski definition) is 2. The van der Waals surface area contributed by atoms with Gasteiger partial charge in [-0.05, 0) is 100 Å². The maximum atomic E-state index is 12.9. The van der Waals surface area contributed by atoms with Crippen LogP contribution in [0.4, 0.5) is 0 Å². The second-order valence-corrected chi connectivity index (χ2v) is 10.7. The first-order valence-corrected chi connectivity index (χ1v) is 13.4. The Morgan fingerprint density at radius 3 is 2.80 bits per heavy atom. The third kappa shape index (κ3) is 5.83. The largest absolute Gasteiger partial charge is 0.481 e. The number of aromatic amines is 1. The van der Waals surface area contributed by atoms with E-state index < -0.39 is 11.9 Å². The molecule has 3 aliphatic carbocycles. The zero-order valence-electron chi connectivity index (χ0n) is 20.5. The second kappa shape index (κ2) is 11.0. The Kier molecular flexibility index (Phi) is 7.61. The van der Waals surface area contributed by atoms with Crippen LogP contribution < -0.4 is 0 Å². The van der Waals surface area contributed by atoms with Gasteiger partial charge in [0.25, 0.3) is 0 Å². The van der Waals surface area contributed by atoms with E-state index in [0.717, 1.165) is 62.6 Å². The number of carbonyl (C=O) groups excluding carboxylic acids is 1. The van der Waals surface area contributed by atoms with Crippen LogP contribution >= 0.6 is 0 Å². The number of ether oxygens (including phenoxy) is 1. The zero-order valence-corrected chi connectivity index (χ0v) is 20.5. The number of carbonyl (C=O) groups is 2. The number of hydrogen-bond acceptors (Lipinski definition) is 5. The zero-order chi connectivity index (χ0) is 24.2. The minimum absolute atomic E-state index is 0.00194. The molecule has 0 bridgehead atoms. The molecule has 2 aromatic rings. The minimum atomic E-state index is -0.911. The summed E-state index contributed by atoms with van der Waals surface area (Å²) in [5, 5.41) is 16.7. The summed E-state index contributed by atoms with van der Waals surface area (Å²) < 4.78 is 5.98. The van der Waals surface area contributed by atoms with Crippen molar-refractivity contribution in [3.63, 3.8) is 0 Å². The summed E-state index contributed by atoms with van der Waals surface area (Å²) in [4.78, 5) is 29.6. The van der Waals surface area contributed by atoms with E-state index >= 15 is 0 Å². The highest BCUT2D eigenvalue weighted by molar-refractivity contribution is 5.89. The van der Waals surface area contributed by atoms with Gasteiger partial charge in [0.05, 0.1) is 24.1 Å². The Hall–Kier alpha value is -2.54. The lowest BCUT2D eigenvalue weighted by Crippen LogP contribution is -2.33. The van der Waals surface area contributed by atoms with E-state index in [9.17, 15) is 14.7 Å². The molecule has 7 heteroatoms. The van der Waals surface area contributed by atoms with E-state index in [-0.39, 0.29) is 24.2 Å². The first-order valence-electron chi connectivity index (χ1n) is 13.4. The molecule has 2 atom stereocenters. The lowest BCUT2D eigenvalue weighted by atomic mass is 9.79. The lowest BCUT2D eigenvalue weighted by molar-refractivity contribution is -0.145. The minimum Gasteiger partial charge on any atom is -0.481 e. The molecule has 2 N–H and O–H groups in total. The van der Waals surface area contributed by atoms with Gasteiger partial charge in [0, 0.05) is 30.1 Å². The molecule has 1 fully saturated rings. The summed E-state index contributed by atoms with van der Waals surface area (Å²) >= 11 is 0. The molecule has 5 rings (SSSR count). The van der Waals surface area contributed by atoms with Crippen LogP contribution in [0, 0.1) is 11.8 Å². The molecule has 0 spiro atoms. The van der Waals surface area contributed by atoms with Crippen LogP contribution in [0.5, 0.6) is 0 Å². The molecular weight excluding hydrogens is 442 g/mol. The fraction of sp³-hybridized carbons (Fsp3) is 0.643. The molecule has 0 saturated heterocycles. The molecule has 0 aliphatic heterocycles.